The molecule has 0 aromatic heterocycles. The van der Waals surface area contributed by atoms with Crippen LogP contribution in [0.25, 0.3) is 10.8 Å². The molecular weight excluding hydrogens is 707 g/mol. The molecule has 0 spiro atoms. The third kappa shape index (κ3) is 11.6. The van der Waals surface area contributed by atoms with Crippen LogP contribution in [-0.4, -0.2) is 54.1 Å². The number of carbonyl (C=O) groups is 4. The molecule has 10 nitrogen and oxygen atoms in total. The number of esters is 1. The molecule has 6 rings (SSSR count). The summed E-state index contributed by atoms with van der Waals surface area (Å²) in [6, 6.07) is 38.3. The molecular formula is C46H47N3O7. The van der Waals surface area contributed by atoms with Gasteiger partial charge < -0.3 is 30.5 Å². The topological polar surface area (TPSA) is 143 Å². The lowest BCUT2D eigenvalue weighted by Crippen LogP contribution is -2.50. The highest BCUT2D eigenvalue weighted by Gasteiger charge is 2.30. The molecule has 0 saturated heterocycles. The first-order chi connectivity index (χ1) is 27.3. The van der Waals surface area contributed by atoms with E-state index in [1.165, 1.54) is 0 Å². The van der Waals surface area contributed by atoms with Gasteiger partial charge in [-0.15, -0.1) is 0 Å². The maximum Gasteiger partial charge on any atom is 0.309 e. The van der Waals surface area contributed by atoms with Gasteiger partial charge in [-0.3, -0.25) is 19.2 Å². The van der Waals surface area contributed by atoms with Crippen molar-refractivity contribution < 1.29 is 33.8 Å². The summed E-state index contributed by atoms with van der Waals surface area (Å²) in [5.74, 6) is -2.65. The summed E-state index contributed by atoms with van der Waals surface area (Å²) in [6.45, 7) is -0.255. The number of hydrogen-bond acceptors (Lipinski definition) is 7. The predicted molar refractivity (Wildman–Crippen MR) is 216 cm³/mol. The van der Waals surface area contributed by atoms with E-state index in [4.69, 9.17) is 9.47 Å². The Morgan fingerprint density at radius 2 is 1.43 bits per heavy atom. The molecule has 0 fully saturated rings. The molecule has 1 aliphatic heterocycles. The standard InChI is InChI=1S/C46H47N3O7/c50-29-40(26-33-19-23-41(24-20-33)55-30-34-13-5-2-6-14-34)47-43(51)28-37-17-9-10-18-38(25-32-11-3-1-4-12-32)46(54)56-31-42(49-44(37)52)45(53)48-39-22-21-35-15-7-8-16-36(35)27-39/h1-16,19-24,27,37-38,40,42,50H,17-18,25-26,28-31H2,(H,47,51)(H,48,53)(H,49,52)/t37-,38-,40+,42+/m1/s1. The van der Waals surface area contributed by atoms with E-state index in [0.717, 1.165) is 27.5 Å². The van der Waals surface area contributed by atoms with E-state index in [-0.39, 0.29) is 26.1 Å². The SMILES string of the molecule is O=C(C[C@H]1CC=CC[C@H](Cc2ccccc2)C(=O)OC[C@@H](C(=O)Nc2ccc3ccccc3c2)NC1=O)N[C@H](CO)Cc1ccc(OCc2ccccc2)cc1. The summed E-state index contributed by atoms with van der Waals surface area (Å²) in [6.07, 6.45) is 4.78. The van der Waals surface area contributed by atoms with Gasteiger partial charge in [-0.05, 0) is 77.4 Å². The first-order valence-electron chi connectivity index (χ1n) is 18.9. The number of anilines is 1. The fraction of sp³-hybridized carbons (Fsp3) is 0.261. The Kier molecular flexibility index (Phi) is 14.0. The molecule has 56 heavy (non-hydrogen) atoms. The average molecular weight is 754 g/mol. The highest BCUT2D eigenvalue weighted by atomic mass is 16.5. The molecule has 5 aromatic rings. The largest absolute Gasteiger partial charge is 0.489 e. The van der Waals surface area contributed by atoms with Gasteiger partial charge in [0, 0.05) is 12.1 Å². The van der Waals surface area contributed by atoms with Crippen LogP contribution in [0.5, 0.6) is 5.75 Å². The Hall–Kier alpha value is -6.26. The van der Waals surface area contributed by atoms with E-state index < -0.39 is 47.6 Å². The van der Waals surface area contributed by atoms with Gasteiger partial charge in [-0.1, -0.05) is 115 Å². The maximum atomic E-state index is 13.8. The van der Waals surface area contributed by atoms with Crippen molar-refractivity contribution in [3.63, 3.8) is 0 Å². The van der Waals surface area contributed by atoms with Crippen molar-refractivity contribution in [3.8, 4) is 5.75 Å². The molecule has 0 aliphatic carbocycles. The maximum absolute atomic E-state index is 13.8. The zero-order valence-electron chi connectivity index (χ0n) is 31.1. The highest BCUT2D eigenvalue weighted by Crippen LogP contribution is 2.22. The summed E-state index contributed by atoms with van der Waals surface area (Å²) in [4.78, 5) is 54.3. The number of hydrogen-bond donors (Lipinski definition) is 4. The number of aliphatic hydroxyl groups excluding tert-OH is 1. The smallest absolute Gasteiger partial charge is 0.309 e. The van der Waals surface area contributed by atoms with Gasteiger partial charge in [0.05, 0.1) is 24.5 Å². The second-order valence-corrected chi connectivity index (χ2v) is 14.0. The number of aliphatic hydroxyl groups is 1. The van der Waals surface area contributed by atoms with Crippen molar-refractivity contribution in [1.29, 1.82) is 0 Å². The number of fused-ring (bicyclic) bond motifs is 1. The number of rotatable bonds is 13. The summed E-state index contributed by atoms with van der Waals surface area (Å²) < 4.78 is 11.6. The van der Waals surface area contributed by atoms with Gasteiger partial charge in [0.1, 0.15) is 25.0 Å². The van der Waals surface area contributed by atoms with Gasteiger partial charge in [0.15, 0.2) is 0 Å². The van der Waals surface area contributed by atoms with Crippen LogP contribution < -0.4 is 20.7 Å². The van der Waals surface area contributed by atoms with Gasteiger partial charge in [0.2, 0.25) is 11.8 Å². The molecule has 4 atom stereocenters. The molecule has 5 aromatic carbocycles. The lowest BCUT2D eigenvalue weighted by Gasteiger charge is -2.24. The number of allylic oxidation sites excluding steroid dienone is 2. The minimum Gasteiger partial charge on any atom is -0.489 e. The van der Waals surface area contributed by atoms with E-state index in [2.05, 4.69) is 16.0 Å². The molecule has 3 amide bonds. The first kappa shape index (κ1) is 39.4. The Balaban J connectivity index is 1.12. The van der Waals surface area contributed by atoms with Crippen molar-refractivity contribution in [1.82, 2.24) is 10.6 Å². The zero-order chi connectivity index (χ0) is 39.1. The van der Waals surface area contributed by atoms with Gasteiger partial charge >= 0.3 is 5.97 Å². The summed E-state index contributed by atoms with van der Waals surface area (Å²) in [5, 5.41) is 20.6. The lowest BCUT2D eigenvalue weighted by atomic mass is 9.94. The third-order valence-corrected chi connectivity index (χ3v) is 9.75. The van der Waals surface area contributed by atoms with Crippen LogP contribution in [0.4, 0.5) is 5.69 Å². The molecule has 0 saturated carbocycles. The molecule has 0 bridgehead atoms. The zero-order valence-corrected chi connectivity index (χ0v) is 31.1. The number of nitrogens with one attached hydrogen (secondary N) is 3. The third-order valence-electron chi connectivity index (χ3n) is 9.75. The second-order valence-electron chi connectivity index (χ2n) is 14.0. The van der Waals surface area contributed by atoms with Crippen LogP contribution in [0.15, 0.2) is 140 Å². The van der Waals surface area contributed by atoms with E-state index in [1.807, 2.05) is 127 Å². The fourth-order valence-electron chi connectivity index (χ4n) is 6.64. The highest BCUT2D eigenvalue weighted by molar-refractivity contribution is 6.00. The quantitative estimate of drug-likeness (QED) is 0.0815. The van der Waals surface area contributed by atoms with Crippen LogP contribution in [0.3, 0.4) is 0 Å². The lowest BCUT2D eigenvalue weighted by molar-refractivity contribution is -0.150. The number of ether oxygens (including phenoxy) is 2. The van der Waals surface area contributed by atoms with Crippen LogP contribution in [0.2, 0.25) is 0 Å². The van der Waals surface area contributed by atoms with Gasteiger partial charge in [-0.2, -0.15) is 0 Å². The van der Waals surface area contributed by atoms with Crippen molar-refractivity contribution in [2.75, 3.05) is 18.5 Å². The second kappa shape index (κ2) is 19.9. The van der Waals surface area contributed by atoms with Crippen molar-refractivity contribution >= 4 is 40.2 Å². The molecule has 0 radical (unpaired) electrons. The predicted octanol–water partition coefficient (Wildman–Crippen LogP) is 6.32. The molecule has 4 N–H and O–H groups in total. The number of benzene rings is 5. The van der Waals surface area contributed by atoms with E-state index in [1.54, 1.807) is 12.1 Å². The Morgan fingerprint density at radius 3 is 2.14 bits per heavy atom. The normalized spacial score (nSPS) is 18.1. The summed E-state index contributed by atoms with van der Waals surface area (Å²) in [5.41, 5.74) is 3.43. The number of amides is 3. The molecule has 1 aliphatic rings. The molecule has 1 heterocycles. The Labute approximate surface area is 326 Å². The van der Waals surface area contributed by atoms with E-state index in [0.29, 0.717) is 37.3 Å². The van der Waals surface area contributed by atoms with Crippen LogP contribution in [-0.2, 0) is 43.4 Å². The summed E-state index contributed by atoms with van der Waals surface area (Å²) in [7, 11) is 0. The number of carbonyl (C=O) groups excluding carboxylic acids is 4. The Bertz CT molecular complexity index is 2100. The molecule has 0 unspecified atom stereocenters. The monoisotopic (exact) mass is 753 g/mol. The minimum absolute atomic E-state index is 0.189. The molecule has 288 valence electrons. The van der Waals surface area contributed by atoms with Crippen molar-refractivity contribution in [2.45, 2.75) is 50.8 Å². The van der Waals surface area contributed by atoms with E-state index in [9.17, 15) is 24.3 Å². The minimum atomic E-state index is -1.23. The average Bonchev–Trinajstić information content (AvgIpc) is 3.22. The van der Waals surface area contributed by atoms with Crippen LogP contribution in [0, 0.1) is 11.8 Å². The summed E-state index contributed by atoms with van der Waals surface area (Å²) >= 11 is 0. The van der Waals surface area contributed by atoms with Crippen molar-refractivity contribution in [2.24, 2.45) is 11.8 Å². The van der Waals surface area contributed by atoms with Gasteiger partial charge in [0.25, 0.3) is 5.91 Å². The molecule has 10 heteroatoms. The van der Waals surface area contributed by atoms with Crippen LogP contribution >= 0.6 is 0 Å². The van der Waals surface area contributed by atoms with E-state index >= 15 is 0 Å². The first-order valence-corrected chi connectivity index (χ1v) is 18.9. The fourth-order valence-corrected chi connectivity index (χ4v) is 6.64. The number of cyclic esters (lactones) is 1. The Morgan fingerprint density at radius 1 is 0.768 bits per heavy atom. The van der Waals surface area contributed by atoms with Gasteiger partial charge in [-0.25, -0.2) is 0 Å². The van der Waals surface area contributed by atoms with Crippen molar-refractivity contribution in [3.05, 3.63) is 156 Å². The van der Waals surface area contributed by atoms with Crippen LogP contribution in [0.1, 0.15) is 36.0 Å².